The number of nitrogens with one attached hydrogen (secondary N) is 1. The summed E-state index contributed by atoms with van der Waals surface area (Å²) >= 11 is 6.71. The molecular formula is C28H24N4O3S2. The third-order valence-corrected chi connectivity index (χ3v) is 7.51. The molecule has 0 spiro atoms. The fraction of sp³-hybridized carbons (Fsp3) is 0.143. The molecule has 1 aliphatic heterocycles. The molecule has 0 bridgehead atoms. The average molecular weight is 529 g/mol. The van der Waals surface area contributed by atoms with Crippen molar-refractivity contribution in [2.75, 3.05) is 11.9 Å². The Morgan fingerprint density at radius 3 is 2.35 bits per heavy atom. The SMILES string of the molecule is C[C@@H](c1ccccc1)N1C(=O)/C(=C/c2c(NC[C@H](O)c3ccccc3)nc3ccccn3c2=O)SC1=S. The van der Waals surface area contributed by atoms with Crippen molar-refractivity contribution < 1.29 is 9.90 Å². The Labute approximate surface area is 223 Å². The number of amides is 1. The zero-order valence-corrected chi connectivity index (χ0v) is 21.6. The second kappa shape index (κ2) is 10.7. The van der Waals surface area contributed by atoms with Gasteiger partial charge in [0.15, 0.2) is 0 Å². The smallest absolute Gasteiger partial charge is 0.267 e. The second-order valence-corrected chi connectivity index (χ2v) is 10.2. The van der Waals surface area contributed by atoms with Gasteiger partial charge in [0.2, 0.25) is 0 Å². The van der Waals surface area contributed by atoms with Crippen LogP contribution in [0.15, 0.2) is 94.8 Å². The highest BCUT2D eigenvalue weighted by Crippen LogP contribution is 2.38. The molecular weight excluding hydrogens is 504 g/mol. The van der Waals surface area contributed by atoms with Gasteiger partial charge >= 0.3 is 0 Å². The number of rotatable bonds is 7. The summed E-state index contributed by atoms with van der Waals surface area (Å²) in [4.78, 5) is 33.4. The van der Waals surface area contributed by atoms with E-state index in [4.69, 9.17) is 12.2 Å². The van der Waals surface area contributed by atoms with Crippen LogP contribution in [0.3, 0.4) is 0 Å². The van der Waals surface area contributed by atoms with E-state index in [0.29, 0.717) is 14.9 Å². The van der Waals surface area contributed by atoms with Crippen LogP contribution < -0.4 is 10.9 Å². The number of hydrogen-bond acceptors (Lipinski definition) is 7. The second-order valence-electron chi connectivity index (χ2n) is 8.55. The zero-order chi connectivity index (χ0) is 25.9. The summed E-state index contributed by atoms with van der Waals surface area (Å²) in [6.45, 7) is 2.06. The van der Waals surface area contributed by atoms with E-state index in [1.165, 1.54) is 4.40 Å². The molecule has 186 valence electrons. The fourth-order valence-corrected chi connectivity index (χ4v) is 5.58. The van der Waals surface area contributed by atoms with Crippen molar-refractivity contribution in [2.45, 2.75) is 19.1 Å². The van der Waals surface area contributed by atoms with Crippen LogP contribution in [0.5, 0.6) is 0 Å². The summed E-state index contributed by atoms with van der Waals surface area (Å²) in [6, 6.07) is 23.9. The van der Waals surface area contributed by atoms with Gasteiger partial charge in [0.1, 0.15) is 15.8 Å². The molecule has 0 unspecified atom stereocenters. The monoisotopic (exact) mass is 528 g/mol. The predicted molar refractivity (Wildman–Crippen MR) is 151 cm³/mol. The van der Waals surface area contributed by atoms with Crippen LogP contribution in [0, 0.1) is 0 Å². The highest BCUT2D eigenvalue weighted by atomic mass is 32.2. The first-order chi connectivity index (χ1) is 17.9. The molecule has 1 saturated heterocycles. The Morgan fingerprint density at radius 1 is 1.00 bits per heavy atom. The van der Waals surface area contributed by atoms with E-state index in [2.05, 4.69) is 10.3 Å². The molecule has 2 atom stereocenters. The predicted octanol–water partition coefficient (Wildman–Crippen LogP) is 4.80. The van der Waals surface area contributed by atoms with Crippen LogP contribution in [0.1, 0.15) is 35.8 Å². The zero-order valence-electron chi connectivity index (χ0n) is 19.9. The normalized spacial score (nSPS) is 16.4. The van der Waals surface area contributed by atoms with Gasteiger partial charge in [-0.15, -0.1) is 0 Å². The topological polar surface area (TPSA) is 86.9 Å². The third kappa shape index (κ3) is 5.06. The van der Waals surface area contributed by atoms with Gasteiger partial charge < -0.3 is 10.4 Å². The Kier molecular flexibility index (Phi) is 7.18. The van der Waals surface area contributed by atoms with Crippen LogP contribution in [-0.2, 0) is 4.79 Å². The molecule has 7 nitrogen and oxygen atoms in total. The summed E-state index contributed by atoms with van der Waals surface area (Å²) < 4.78 is 1.85. The maximum atomic E-state index is 13.5. The van der Waals surface area contributed by atoms with Gasteiger partial charge in [0.05, 0.1) is 22.6 Å². The molecule has 5 rings (SSSR count). The molecule has 0 radical (unpaired) electrons. The quantitative estimate of drug-likeness (QED) is 0.263. The van der Waals surface area contributed by atoms with Gasteiger partial charge in [-0.05, 0) is 36.3 Å². The van der Waals surface area contributed by atoms with Crippen LogP contribution in [-0.4, -0.2) is 36.2 Å². The van der Waals surface area contributed by atoms with Gasteiger partial charge in [-0.3, -0.25) is 18.9 Å². The Balaban J connectivity index is 1.50. The number of carbonyl (C=O) groups is 1. The summed E-state index contributed by atoms with van der Waals surface area (Å²) in [5.41, 5.74) is 2.04. The molecule has 1 aliphatic rings. The summed E-state index contributed by atoms with van der Waals surface area (Å²) in [5.74, 6) is 0.0201. The minimum Gasteiger partial charge on any atom is -0.387 e. The van der Waals surface area contributed by atoms with Crippen molar-refractivity contribution >= 4 is 51.7 Å². The number of anilines is 1. The van der Waals surface area contributed by atoms with Crippen LogP contribution in [0.2, 0.25) is 0 Å². The molecule has 1 fully saturated rings. The Hall–Kier alpha value is -3.79. The molecule has 3 heterocycles. The fourth-order valence-electron chi connectivity index (χ4n) is 4.18. The number of hydrogen-bond donors (Lipinski definition) is 2. The van der Waals surface area contributed by atoms with Crippen molar-refractivity contribution in [2.24, 2.45) is 0 Å². The molecule has 9 heteroatoms. The van der Waals surface area contributed by atoms with Gasteiger partial charge in [-0.25, -0.2) is 4.98 Å². The van der Waals surface area contributed by atoms with Crippen molar-refractivity contribution in [3.8, 4) is 0 Å². The first kappa shape index (κ1) is 24.9. The Morgan fingerprint density at radius 2 is 1.65 bits per heavy atom. The summed E-state index contributed by atoms with van der Waals surface area (Å²) in [7, 11) is 0. The molecule has 0 saturated carbocycles. The summed E-state index contributed by atoms with van der Waals surface area (Å²) in [6.07, 6.45) is 2.37. The van der Waals surface area contributed by atoms with Gasteiger partial charge in [0.25, 0.3) is 11.5 Å². The lowest BCUT2D eigenvalue weighted by atomic mass is 10.1. The number of aliphatic hydroxyl groups is 1. The average Bonchev–Trinajstić information content (AvgIpc) is 3.21. The minimum absolute atomic E-state index is 0.131. The lowest BCUT2D eigenvalue weighted by molar-refractivity contribution is -0.123. The highest BCUT2D eigenvalue weighted by Gasteiger charge is 2.36. The largest absolute Gasteiger partial charge is 0.387 e. The van der Waals surface area contributed by atoms with E-state index < -0.39 is 6.10 Å². The number of pyridine rings is 1. The number of nitrogens with zero attached hydrogens (tertiary/aromatic N) is 3. The van der Waals surface area contributed by atoms with Gasteiger partial charge in [0, 0.05) is 12.7 Å². The van der Waals surface area contributed by atoms with Gasteiger partial charge in [-0.2, -0.15) is 0 Å². The molecule has 0 aliphatic carbocycles. The molecule has 2 aromatic carbocycles. The third-order valence-electron chi connectivity index (χ3n) is 6.18. The van der Waals surface area contributed by atoms with E-state index in [1.54, 1.807) is 35.4 Å². The first-order valence-corrected chi connectivity index (χ1v) is 13.0. The maximum Gasteiger partial charge on any atom is 0.267 e. The number of thioether (sulfide) groups is 1. The van der Waals surface area contributed by atoms with E-state index in [9.17, 15) is 14.7 Å². The molecule has 1 amide bonds. The highest BCUT2D eigenvalue weighted by molar-refractivity contribution is 8.26. The number of fused-ring (bicyclic) bond motifs is 1. The van der Waals surface area contributed by atoms with Crippen molar-refractivity contribution in [3.05, 3.63) is 117 Å². The van der Waals surface area contributed by atoms with E-state index in [0.717, 1.165) is 22.9 Å². The number of benzene rings is 2. The lowest BCUT2D eigenvalue weighted by Crippen LogP contribution is -2.31. The number of aliphatic hydroxyl groups excluding tert-OH is 1. The number of carbonyl (C=O) groups excluding carboxylic acids is 1. The molecule has 4 aromatic rings. The van der Waals surface area contributed by atoms with Crippen molar-refractivity contribution in [1.29, 1.82) is 0 Å². The van der Waals surface area contributed by atoms with E-state index in [1.807, 2.05) is 67.6 Å². The van der Waals surface area contributed by atoms with Crippen LogP contribution in [0.25, 0.3) is 11.7 Å². The molecule has 2 N–H and O–H groups in total. The molecule has 37 heavy (non-hydrogen) atoms. The number of aromatic nitrogens is 2. The standard InChI is InChI=1S/C28H24N4O3S2/c1-18(19-10-4-2-5-11-19)32-27(35)23(37-28(32)36)16-21-25(29-17-22(33)20-12-6-3-7-13-20)30-24-14-8-9-15-31(24)26(21)34/h2-16,18,22,29,33H,17H2,1H3/b23-16-/t18-,22-/m0/s1. The molecule has 2 aromatic heterocycles. The van der Waals surface area contributed by atoms with Crippen molar-refractivity contribution in [3.63, 3.8) is 0 Å². The van der Waals surface area contributed by atoms with Crippen molar-refractivity contribution in [1.82, 2.24) is 14.3 Å². The Bertz CT molecular complexity index is 1550. The van der Waals surface area contributed by atoms with Crippen LogP contribution in [0.4, 0.5) is 5.82 Å². The van der Waals surface area contributed by atoms with E-state index >= 15 is 0 Å². The minimum atomic E-state index is -0.810. The lowest BCUT2D eigenvalue weighted by Gasteiger charge is -2.23. The van der Waals surface area contributed by atoms with Crippen LogP contribution >= 0.6 is 24.0 Å². The van der Waals surface area contributed by atoms with E-state index in [-0.39, 0.29) is 35.4 Å². The summed E-state index contributed by atoms with van der Waals surface area (Å²) in [5, 5.41) is 13.8. The maximum absolute atomic E-state index is 13.5. The number of thiocarbonyl (C=S) groups is 1. The first-order valence-electron chi connectivity index (χ1n) is 11.7. The van der Waals surface area contributed by atoms with Gasteiger partial charge in [-0.1, -0.05) is 90.7 Å².